The molecular weight excluding hydrogens is 348 g/mol. The molecule has 142 valence electrons. The van der Waals surface area contributed by atoms with Crippen molar-refractivity contribution in [2.24, 2.45) is 0 Å². The molecule has 1 aromatic rings. The van der Waals surface area contributed by atoms with Crippen LogP contribution in [0.1, 0.15) is 58.1 Å². The summed E-state index contributed by atoms with van der Waals surface area (Å²) in [6.07, 6.45) is 6.29. The van der Waals surface area contributed by atoms with Crippen LogP contribution >= 0.6 is 0 Å². The molecular formula is C19H28N2O4Si. The van der Waals surface area contributed by atoms with E-state index in [4.69, 9.17) is 9.16 Å². The summed E-state index contributed by atoms with van der Waals surface area (Å²) < 4.78 is 13.0. The molecule has 1 aliphatic carbocycles. The van der Waals surface area contributed by atoms with Gasteiger partial charge in [0.1, 0.15) is 6.20 Å². The maximum Gasteiger partial charge on any atom is 0.293 e. The number of aromatic nitrogens is 1. The molecule has 0 saturated heterocycles. The molecule has 0 radical (unpaired) electrons. The summed E-state index contributed by atoms with van der Waals surface area (Å²) in [5, 5.41) is 11.4. The first-order chi connectivity index (χ1) is 12.5. The van der Waals surface area contributed by atoms with Crippen molar-refractivity contribution in [2.45, 2.75) is 76.8 Å². The highest BCUT2D eigenvalue weighted by molar-refractivity contribution is 6.73. The molecule has 0 amide bonds. The van der Waals surface area contributed by atoms with Crippen LogP contribution < -0.4 is 0 Å². The molecule has 0 aromatic carbocycles. The van der Waals surface area contributed by atoms with Crippen molar-refractivity contribution in [3.8, 4) is 0 Å². The van der Waals surface area contributed by atoms with Crippen LogP contribution in [-0.4, -0.2) is 24.3 Å². The zero-order valence-electron chi connectivity index (χ0n) is 15.9. The molecule has 0 unspecified atom stereocenters. The van der Waals surface area contributed by atoms with E-state index in [0.717, 1.165) is 43.2 Å². The Balaban J connectivity index is 1.94. The average molecular weight is 377 g/mol. The van der Waals surface area contributed by atoms with Crippen molar-refractivity contribution in [3.05, 3.63) is 45.5 Å². The normalized spacial score (nSPS) is 23.0. The summed E-state index contributed by atoms with van der Waals surface area (Å²) in [5.74, 6) is 1.06. The molecule has 1 saturated carbocycles. The average Bonchev–Trinajstić information content (AvgIpc) is 3.15. The molecule has 1 aromatic heterocycles. The fourth-order valence-electron chi connectivity index (χ4n) is 4.17. The Morgan fingerprint density at radius 3 is 2.69 bits per heavy atom. The minimum absolute atomic E-state index is 0.0308. The van der Waals surface area contributed by atoms with E-state index in [1.165, 1.54) is 11.8 Å². The summed E-state index contributed by atoms with van der Waals surface area (Å²) >= 11 is 0. The molecule has 0 N–H and O–H groups in total. The van der Waals surface area contributed by atoms with Crippen molar-refractivity contribution in [1.82, 2.24) is 4.98 Å². The molecule has 3 rings (SSSR count). The molecule has 2 atom stereocenters. The van der Waals surface area contributed by atoms with Crippen LogP contribution in [-0.2, 0) is 9.16 Å². The third kappa shape index (κ3) is 3.55. The summed E-state index contributed by atoms with van der Waals surface area (Å²) in [7, 11) is -1.79. The lowest BCUT2D eigenvalue weighted by Crippen LogP contribution is -2.37. The molecule has 2 aliphatic rings. The number of hydrogen-bond donors (Lipinski definition) is 0. The first-order valence-electron chi connectivity index (χ1n) is 9.68. The Bertz CT molecular complexity index is 694. The molecule has 0 bridgehead atoms. The Kier molecular flexibility index (Phi) is 5.77. The Hall–Kier alpha value is -1.73. The highest BCUT2D eigenvalue weighted by atomic mass is 28.4. The lowest BCUT2D eigenvalue weighted by molar-refractivity contribution is -0.386. The topological polar surface area (TPSA) is 74.5 Å². The largest absolute Gasteiger partial charge is 0.546 e. The highest BCUT2D eigenvalue weighted by Crippen LogP contribution is 2.45. The maximum atomic E-state index is 11.4. The lowest BCUT2D eigenvalue weighted by atomic mass is 9.98. The van der Waals surface area contributed by atoms with Crippen LogP contribution in [0.5, 0.6) is 0 Å². The number of nitrogens with zero attached hydrogens (tertiary/aromatic N) is 2. The first-order valence-corrected chi connectivity index (χ1v) is 12.2. The molecule has 2 heterocycles. The van der Waals surface area contributed by atoms with E-state index in [-0.39, 0.29) is 22.8 Å². The summed E-state index contributed by atoms with van der Waals surface area (Å²) in [4.78, 5) is 15.0. The standard InChI is InChI=1S/C19H28N2O4Si/c1-4-26(5-2,6-3)25-19-12-18(24-17-9-7-8-15(17)19)14-10-11-20-13-16(14)21(22)23/h10-11,13,17-18H,4-9,12H2,1-3H3/t17-,18-/m1/s1. The second-order valence-electron chi connectivity index (χ2n) is 7.20. The van der Waals surface area contributed by atoms with Gasteiger partial charge in [0.2, 0.25) is 8.32 Å². The van der Waals surface area contributed by atoms with Gasteiger partial charge >= 0.3 is 0 Å². The van der Waals surface area contributed by atoms with Gasteiger partial charge in [0, 0.05) is 12.6 Å². The number of pyridine rings is 1. The fraction of sp³-hybridized carbons (Fsp3) is 0.632. The van der Waals surface area contributed by atoms with Gasteiger partial charge in [0.05, 0.1) is 28.5 Å². The minimum Gasteiger partial charge on any atom is -0.546 e. The molecule has 7 heteroatoms. The van der Waals surface area contributed by atoms with Crippen molar-refractivity contribution in [1.29, 1.82) is 0 Å². The second-order valence-corrected chi connectivity index (χ2v) is 11.9. The van der Waals surface area contributed by atoms with Crippen LogP contribution in [0, 0.1) is 10.1 Å². The lowest BCUT2D eigenvalue weighted by Gasteiger charge is -2.37. The van der Waals surface area contributed by atoms with E-state index in [2.05, 4.69) is 25.8 Å². The van der Waals surface area contributed by atoms with E-state index < -0.39 is 8.32 Å². The van der Waals surface area contributed by atoms with Crippen LogP contribution in [0.3, 0.4) is 0 Å². The highest BCUT2D eigenvalue weighted by Gasteiger charge is 2.40. The van der Waals surface area contributed by atoms with Crippen molar-refractivity contribution in [2.75, 3.05) is 0 Å². The monoisotopic (exact) mass is 376 g/mol. The zero-order chi connectivity index (χ0) is 18.7. The Morgan fingerprint density at radius 2 is 2.04 bits per heavy atom. The second kappa shape index (κ2) is 7.88. The van der Waals surface area contributed by atoms with E-state index in [1.54, 1.807) is 12.3 Å². The van der Waals surface area contributed by atoms with E-state index >= 15 is 0 Å². The smallest absolute Gasteiger partial charge is 0.293 e. The van der Waals surface area contributed by atoms with Gasteiger partial charge in [-0.3, -0.25) is 15.1 Å². The number of nitro groups is 1. The van der Waals surface area contributed by atoms with E-state index in [0.29, 0.717) is 12.0 Å². The van der Waals surface area contributed by atoms with Gasteiger partial charge < -0.3 is 9.16 Å². The minimum atomic E-state index is -1.79. The first kappa shape index (κ1) is 19.0. The number of fused-ring (bicyclic) bond motifs is 1. The molecule has 6 nitrogen and oxygen atoms in total. The van der Waals surface area contributed by atoms with Crippen LogP contribution in [0.4, 0.5) is 5.69 Å². The van der Waals surface area contributed by atoms with Crippen molar-refractivity contribution < 1.29 is 14.1 Å². The van der Waals surface area contributed by atoms with Crippen molar-refractivity contribution >= 4 is 14.0 Å². The van der Waals surface area contributed by atoms with Crippen LogP contribution in [0.2, 0.25) is 18.1 Å². The maximum absolute atomic E-state index is 11.4. The summed E-state index contributed by atoms with van der Waals surface area (Å²) in [6.45, 7) is 6.67. The summed E-state index contributed by atoms with van der Waals surface area (Å²) in [6, 6.07) is 4.97. The van der Waals surface area contributed by atoms with Gasteiger partial charge in [-0.2, -0.15) is 0 Å². The summed E-state index contributed by atoms with van der Waals surface area (Å²) in [5.41, 5.74) is 1.93. The molecule has 1 aliphatic heterocycles. The number of hydrogen-bond acceptors (Lipinski definition) is 5. The number of rotatable bonds is 7. The number of ether oxygens (including phenoxy) is 1. The van der Waals surface area contributed by atoms with Gasteiger partial charge in [-0.25, -0.2) is 0 Å². The van der Waals surface area contributed by atoms with Crippen LogP contribution in [0.15, 0.2) is 29.8 Å². The van der Waals surface area contributed by atoms with Crippen molar-refractivity contribution in [3.63, 3.8) is 0 Å². The Labute approximate surface area is 155 Å². The predicted molar refractivity (Wildman–Crippen MR) is 102 cm³/mol. The van der Waals surface area contributed by atoms with E-state index in [1.807, 2.05) is 0 Å². The van der Waals surface area contributed by atoms with Gasteiger partial charge in [0.15, 0.2) is 0 Å². The third-order valence-corrected chi connectivity index (χ3v) is 10.6. The van der Waals surface area contributed by atoms with Gasteiger partial charge in [-0.15, -0.1) is 0 Å². The van der Waals surface area contributed by atoms with Gasteiger partial charge in [-0.1, -0.05) is 20.8 Å². The third-order valence-electron chi connectivity index (χ3n) is 6.01. The SMILES string of the molecule is CC[Si](CC)(CC)OC1=C2CCC[C@H]2O[C@@H](c2ccncc2[N+](=O)[O-])C1. The predicted octanol–water partition coefficient (Wildman–Crippen LogP) is 5.28. The van der Waals surface area contributed by atoms with Gasteiger partial charge in [-0.05, 0) is 49.0 Å². The molecule has 0 spiro atoms. The van der Waals surface area contributed by atoms with Crippen LogP contribution in [0.25, 0.3) is 0 Å². The quantitative estimate of drug-likeness (QED) is 0.368. The fourth-order valence-corrected chi connectivity index (χ4v) is 6.84. The zero-order valence-corrected chi connectivity index (χ0v) is 16.9. The molecule has 1 fully saturated rings. The van der Waals surface area contributed by atoms with Gasteiger partial charge in [0.25, 0.3) is 5.69 Å². The molecule has 26 heavy (non-hydrogen) atoms. The Morgan fingerprint density at radius 1 is 1.31 bits per heavy atom. The van der Waals surface area contributed by atoms with E-state index in [9.17, 15) is 10.1 Å².